The molecule has 2 heterocycles. The Hall–Kier alpha value is -1.09. The minimum Gasteiger partial charge on any atom is -0.380 e. The normalized spacial score (nSPS) is 21.9. The quantitative estimate of drug-likeness (QED) is 0.744. The summed E-state index contributed by atoms with van der Waals surface area (Å²) in [6.07, 6.45) is 6.25. The lowest BCUT2D eigenvalue weighted by molar-refractivity contribution is 0.479. The SMILES string of the molecule is Cc1ccncc1NC1CCCNC1. The largest absolute Gasteiger partial charge is 0.380 e. The molecule has 0 radical (unpaired) electrons. The molecule has 14 heavy (non-hydrogen) atoms. The Morgan fingerprint density at radius 1 is 1.57 bits per heavy atom. The van der Waals surface area contributed by atoms with Gasteiger partial charge in [0.1, 0.15) is 0 Å². The molecule has 1 aromatic heterocycles. The highest BCUT2D eigenvalue weighted by molar-refractivity contribution is 5.48. The van der Waals surface area contributed by atoms with E-state index < -0.39 is 0 Å². The molecule has 0 aliphatic carbocycles. The average molecular weight is 191 g/mol. The van der Waals surface area contributed by atoms with Crippen molar-refractivity contribution in [3.05, 3.63) is 24.0 Å². The van der Waals surface area contributed by atoms with Crippen molar-refractivity contribution < 1.29 is 0 Å². The fourth-order valence-corrected chi connectivity index (χ4v) is 1.81. The Labute approximate surface area is 84.9 Å². The first-order chi connectivity index (χ1) is 6.86. The van der Waals surface area contributed by atoms with Gasteiger partial charge in [-0.3, -0.25) is 4.98 Å². The number of rotatable bonds is 2. The number of piperidine rings is 1. The van der Waals surface area contributed by atoms with Crippen LogP contribution in [0.2, 0.25) is 0 Å². The molecule has 0 saturated carbocycles. The molecule has 1 atom stereocenters. The summed E-state index contributed by atoms with van der Waals surface area (Å²) in [5, 5.41) is 6.92. The zero-order valence-electron chi connectivity index (χ0n) is 8.59. The van der Waals surface area contributed by atoms with E-state index >= 15 is 0 Å². The van der Waals surface area contributed by atoms with E-state index in [2.05, 4.69) is 22.5 Å². The molecule has 0 bridgehead atoms. The number of nitrogens with one attached hydrogen (secondary N) is 2. The molecule has 1 fully saturated rings. The Kier molecular flexibility index (Phi) is 2.99. The Morgan fingerprint density at radius 2 is 2.50 bits per heavy atom. The van der Waals surface area contributed by atoms with Gasteiger partial charge in [-0.2, -0.15) is 0 Å². The molecule has 0 aromatic carbocycles. The highest BCUT2D eigenvalue weighted by Gasteiger charge is 2.12. The van der Waals surface area contributed by atoms with E-state index in [1.165, 1.54) is 24.1 Å². The second-order valence-corrected chi connectivity index (χ2v) is 3.88. The number of aryl methyl sites for hydroxylation is 1. The van der Waals surface area contributed by atoms with Gasteiger partial charge < -0.3 is 10.6 Å². The maximum Gasteiger partial charge on any atom is 0.0559 e. The summed E-state index contributed by atoms with van der Waals surface area (Å²) in [4.78, 5) is 4.13. The van der Waals surface area contributed by atoms with E-state index in [-0.39, 0.29) is 0 Å². The van der Waals surface area contributed by atoms with Gasteiger partial charge in [0.25, 0.3) is 0 Å². The number of hydrogen-bond donors (Lipinski definition) is 2. The summed E-state index contributed by atoms with van der Waals surface area (Å²) in [7, 11) is 0. The van der Waals surface area contributed by atoms with Crippen molar-refractivity contribution in [2.75, 3.05) is 18.4 Å². The van der Waals surface area contributed by atoms with Crippen LogP contribution in [0.3, 0.4) is 0 Å². The van der Waals surface area contributed by atoms with Crippen LogP contribution in [0.4, 0.5) is 5.69 Å². The molecule has 0 amide bonds. The molecule has 1 saturated heterocycles. The van der Waals surface area contributed by atoms with E-state index in [9.17, 15) is 0 Å². The lowest BCUT2D eigenvalue weighted by atomic mass is 10.1. The summed E-state index contributed by atoms with van der Waals surface area (Å²) in [5.41, 5.74) is 2.44. The third-order valence-corrected chi connectivity index (χ3v) is 2.70. The van der Waals surface area contributed by atoms with Gasteiger partial charge in [-0.25, -0.2) is 0 Å². The molecule has 0 spiro atoms. The zero-order chi connectivity index (χ0) is 9.80. The third-order valence-electron chi connectivity index (χ3n) is 2.70. The van der Waals surface area contributed by atoms with Gasteiger partial charge in [0.05, 0.1) is 11.9 Å². The van der Waals surface area contributed by atoms with Crippen molar-refractivity contribution >= 4 is 5.69 Å². The molecule has 76 valence electrons. The van der Waals surface area contributed by atoms with Crippen LogP contribution in [0.5, 0.6) is 0 Å². The van der Waals surface area contributed by atoms with Crippen LogP contribution in [-0.4, -0.2) is 24.1 Å². The lowest BCUT2D eigenvalue weighted by Gasteiger charge is -2.25. The predicted molar refractivity (Wildman–Crippen MR) is 58.5 cm³/mol. The molecular formula is C11H17N3. The molecular weight excluding hydrogens is 174 g/mol. The van der Waals surface area contributed by atoms with Crippen molar-refractivity contribution in [1.82, 2.24) is 10.3 Å². The molecule has 1 aliphatic heterocycles. The number of pyridine rings is 1. The van der Waals surface area contributed by atoms with Crippen LogP contribution in [0, 0.1) is 6.92 Å². The van der Waals surface area contributed by atoms with Crippen LogP contribution in [0.15, 0.2) is 18.5 Å². The van der Waals surface area contributed by atoms with Crippen molar-refractivity contribution in [2.45, 2.75) is 25.8 Å². The summed E-state index contributed by atoms with van der Waals surface area (Å²) in [6.45, 7) is 4.33. The minimum atomic E-state index is 0.562. The standard InChI is InChI=1S/C11H17N3/c1-9-4-6-13-8-11(9)14-10-3-2-5-12-7-10/h4,6,8,10,12,14H,2-3,5,7H2,1H3. The van der Waals surface area contributed by atoms with Gasteiger partial charge in [0.15, 0.2) is 0 Å². The smallest absolute Gasteiger partial charge is 0.0559 e. The predicted octanol–water partition coefficient (Wildman–Crippen LogP) is 1.55. The summed E-state index contributed by atoms with van der Waals surface area (Å²) in [6, 6.07) is 2.60. The zero-order valence-corrected chi connectivity index (χ0v) is 8.59. The monoisotopic (exact) mass is 191 g/mol. The fourth-order valence-electron chi connectivity index (χ4n) is 1.81. The number of hydrogen-bond acceptors (Lipinski definition) is 3. The average Bonchev–Trinajstić information content (AvgIpc) is 2.23. The van der Waals surface area contributed by atoms with Crippen molar-refractivity contribution in [1.29, 1.82) is 0 Å². The van der Waals surface area contributed by atoms with Gasteiger partial charge in [-0.05, 0) is 37.9 Å². The van der Waals surface area contributed by atoms with E-state index in [0.717, 1.165) is 13.1 Å². The van der Waals surface area contributed by atoms with E-state index in [1.807, 2.05) is 18.5 Å². The second-order valence-electron chi connectivity index (χ2n) is 3.88. The van der Waals surface area contributed by atoms with E-state index in [4.69, 9.17) is 0 Å². The molecule has 3 heteroatoms. The van der Waals surface area contributed by atoms with Crippen molar-refractivity contribution in [3.8, 4) is 0 Å². The number of nitrogens with zero attached hydrogens (tertiary/aromatic N) is 1. The van der Waals surface area contributed by atoms with Crippen LogP contribution >= 0.6 is 0 Å². The van der Waals surface area contributed by atoms with Gasteiger partial charge in [0.2, 0.25) is 0 Å². The highest BCUT2D eigenvalue weighted by Crippen LogP contribution is 2.15. The highest BCUT2D eigenvalue weighted by atomic mass is 15.0. The Morgan fingerprint density at radius 3 is 3.21 bits per heavy atom. The van der Waals surface area contributed by atoms with E-state index in [1.54, 1.807) is 0 Å². The molecule has 2 rings (SSSR count). The number of aromatic nitrogens is 1. The Balaban J connectivity index is 1.99. The summed E-state index contributed by atoms with van der Waals surface area (Å²) >= 11 is 0. The Bertz CT molecular complexity index is 292. The third kappa shape index (κ3) is 2.23. The van der Waals surface area contributed by atoms with Crippen LogP contribution in [-0.2, 0) is 0 Å². The lowest BCUT2D eigenvalue weighted by Crippen LogP contribution is -2.38. The van der Waals surface area contributed by atoms with Gasteiger partial charge in [-0.15, -0.1) is 0 Å². The maximum atomic E-state index is 4.13. The minimum absolute atomic E-state index is 0.562. The molecule has 2 N–H and O–H groups in total. The summed E-state index contributed by atoms with van der Waals surface area (Å²) < 4.78 is 0. The van der Waals surface area contributed by atoms with Crippen LogP contribution in [0.1, 0.15) is 18.4 Å². The van der Waals surface area contributed by atoms with E-state index in [0.29, 0.717) is 6.04 Å². The van der Waals surface area contributed by atoms with Crippen molar-refractivity contribution in [2.24, 2.45) is 0 Å². The topological polar surface area (TPSA) is 37.0 Å². The van der Waals surface area contributed by atoms with Gasteiger partial charge in [-0.1, -0.05) is 0 Å². The first-order valence-corrected chi connectivity index (χ1v) is 5.24. The molecule has 1 aromatic rings. The molecule has 3 nitrogen and oxygen atoms in total. The first-order valence-electron chi connectivity index (χ1n) is 5.24. The van der Waals surface area contributed by atoms with Crippen LogP contribution in [0.25, 0.3) is 0 Å². The second kappa shape index (κ2) is 4.42. The number of anilines is 1. The van der Waals surface area contributed by atoms with Crippen molar-refractivity contribution in [3.63, 3.8) is 0 Å². The molecule has 1 unspecified atom stereocenters. The fraction of sp³-hybridized carbons (Fsp3) is 0.545. The molecule has 1 aliphatic rings. The first kappa shape index (κ1) is 9.46. The van der Waals surface area contributed by atoms with Gasteiger partial charge in [0, 0.05) is 18.8 Å². The van der Waals surface area contributed by atoms with Crippen LogP contribution < -0.4 is 10.6 Å². The maximum absolute atomic E-state index is 4.13. The summed E-state index contributed by atoms with van der Waals surface area (Å²) in [5.74, 6) is 0. The van der Waals surface area contributed by atoms with Gasteiger partial charge >= 0.3 is 0 Å².